The van der Waals surface area contributed by atoms with Crippen molar-refractivity contribution in [1.29, 1.82) is 0 Å². The van der Waals surface area contributed by atoms with E-state index in [-0.39, 0.29) is 18.2 Å². The Morgan fingerprint density at radius 3 is 2.79 bits per heavy atom. The first-order valence-corrected chi connectivity index (χ1v) is 5.59. The van der Waals surface area contributed by atoms with Gasteiger partial charge in [0.2, 0.25) is 5.88 Å². The number of aliphatic hydroxyl groups is 1. The molecular weight excluding hydrogens is 248 g/mol. The van der Waals surface area contributed by atoms with Crippen molar-refractivity contribution in [2.24, 2.45) is 0 Å². The SMILES string of the molecule is Cc1cc([N+](=O)[O-])cnc1Oc1ccccc1CO. The van der Waals surface area contributed by atoms with Gasteiger partial charge in [-0.25, -0.2) is 4.98 Å². The Hall–Kier alpha value is -2.47. The third kappa shape index (κ3) is 2.86. The van der Waals surface area contributed by atoms with Gasteiger partial charge in [-0.3, -0.25) is 10.1 Å². The largest absolute Gasteiger partial charge is 0.438 e. The molecule has 0 bridgehead atoms. The van der Waals surface area contributed by atoms with E-state index in [1.807, 2.05) is 0 Å². The lowest BCUT2D eigenvalue weighted by atomic mass is 10.2. The molecule has 6 nitrogen and oxygen atoms in total. The smallest absolute Gasteiger partial charge is 0.288 e. The summed E-state index contributed by atoms with van der Waals surface area (Å²) >= 11 is 0. The van der Waals surface area contributed by atoms with Crippen LogP contribution in [-0.2, 0) is 6.61 Å². The molecule has 0 atom stereocenters. The van der Waals surface area contributed by atoms with E-state index in [2.05, 4.69) is 4.98 Å². The van der Waals surface area contributed by atoms with Crippen LogP contribution in [0.5, 0.6) is 11.6 Å². The van der Waals surface area contributed by atoms with Gasteiger partial charge < -0.3 is 9.84 Å². The van der Waals surface area contributed by atoms with Crippen LogP contribution in [0.15, 0.2) is 36.5 Å². The fourth-order valence-corrected chi connectivity index (χ4v) is 1.59. The second-order valence-electron chi connectivity index (χ2n) is 3.94. The number of hydrogen-bond acceptors (Lipinski definition) is 5. The number of aliphatic hydroxyl groups excluding tert-OH is 1. The average molecular weight is 260 g/mol. The van der Waals surface area contributed by atoms with E-state index in [9.17, 15) is 15.2 Å². The highest BCUT2D eigenvalue weighted by Gasteiger charge is 2.12. The molecule has 0 aliphatic rings. The molecule has 0 amide bonds. The maximum atomic E-state index is 10.6. The molecule has 0 saturated carbocycles. The zero-order chi connectivity index (χ0) is 13.8. The van der Waals surface area contributed by atoms with Gasteiger partial charge in [0.25, 0.3) is 5.69 Å². The first kappa shape index (κ1) is 13.0. The third-order valence-electron chi connectivity index (χ3n) is 2.58. The Kier molecular flexibility index (Phi) is 3.72. The lowest BCUT2D eigenvalue weighted by Crippen LogP contribution is -1.97. The van der Waals surface area contributed by atoms with Gasteiger partial charge in [-0.05, 0) is 13.0 Å². The minimum absolute atomic E-state index is 0.0831. The van der Waals surface area contributed by atoms with Crippen LogP contribution in [0.2, 0.25) is 0 Å². The third-order valence-corrected chi connectivity index (χ3v) is 2.58. The Morgan fingerprint density at radius 2 is 2.16 bits per heavy atom. The second-order valence-corrected chi connectivity index (χ2v) is 3.94. The Morgan fingerprint density at radius 1 is 1.42 bits per heavy atom. The molecule has 0 fully saturated rings. The fraction of sp³-hybridized carbons (Fsp3) is 0.154. The van der Waals surface area contributed by atoms with E-state index in [1.54, 1.807) is 31.2 Å². The van der Waals surface area contributed by atoms with Crippen molar-refractivity contribution in [2.75, 3.05) is 0 Å². The summed E-state index contributed by atoms with van der Waals surface area (Å²) in [5.41, 5.74) is 1.10. The van der Waals surface area contributed by atoms with E-state index in [0.717, 1.165) is 6.20 Å². The first-order valence-electron chi connectivity index (χ1n) is 5.59. The number of aryl methyl sites for hydroxylation is 1. The van der Waals surface area contributed by atoms with Crippen LogP contribution in [0.1, 0.15) is 11.1 Å². The molecule has 1 heterocycles. The van der Waals surface area contributed by atoms with E-state index in [1.165, 1.54) is 6.07 Å². The summed E-state index contributed by atoms with van der Waals surface area (Å²) in [6.07, 6.45) is 1.14. The highest BCUT2D eigenvalue weighted by molar-refractivity contribution is 5.41. The molecule has 0 spiro atoms. The van der Waals surface area contributed by atoms with Crippen molar-refractivity contribution in [1.82, 2.24) is 4.98 Å². The molecule has 1 N–H and O–H groups in total. The number of nitrogens with zero attached hydrogens (tertiary/aromatic N) is 2. The predicted molar refractivity (Wildman–Crippen MR) is 68.1 cm³/mol. The molecule has 1 aromatic heterocycles. The molecule has 0 radical (unpaired) electrons. The molecule has 98 valence electrons. The molecule has 0 saturated heterocycles. The minimum Gasteiger partial charge on any atom is -0.438 e. The van der Waals surface area contributed by atoms with E-state index >= 15 is 0 Å². The molecular formula is C13H12N2O4. The molecule has 6 heteroatoms. The quantitative estimate of drug-likeness (QED) is 0.674. The van der Waals surface area contributed by atoms with E-state index in [4.69, 9.17) is 4.74 Å². The number of aromatic nitrogens is 1. The number of ether oxygens (including phenoxy) is 1. The second kappa shape index (κ2) is 5.45. The zero-order valence-corrected chi connectivity index (χ0v) is 10.2. The first-order chi connectivity index (χ1) is 9.11. The van der Waals surface area contributed by atoms with Crippen molar-refractivity contribution < 1.29 is 14.8 Å². The summed E-state index contributed by atoms with van der Waals surface area (Å²) in [5, 5.41) is 19.8. The van der Waals surface area contributed by atoms with Gasteiger partial charge in [0.05, 0.1) is 11.5 Å². The molecule has 0 unspecified atom stereocenters. The Labute approximate surface area is 109 Å². The zero-order valence-electron chi connectivity index (χ0n) is 10.2. The van der Waals surface area contributed by atoms with Crippen molar-refractivity contribution in [3.8, 4) is 11.6 Å². The summed E-state index contributed by atoms with van der Waals surface area (Å²) in [6.45, 7) is 1.53. The molecule has 2 rings (SSSR count). The predicted octanol–water partition coefficient (Wildman–Crippen LogP) is 2.58. The maximum absolute atomic E-state index is 10.6. The molecule has 0 aliphatic heterocycles. The minimum atomic E-state index is -0.508. The number of hydrogen-bond donors (Lipinski definition) is 1. The van der Waals surface area contributed by atoms with Crippen LogP contribution < -0.4 is 4.74 Å². The summed E-state index contributed by atoms with van der Waals surface area (Å²) in [7, 11) is 0. The number of nitro groups is 1. The highest BCUT2D eigenvalue weighted by Crippen LogP contribution is 2.27. The monoisotopic (exact) mass is 260 g/mol. The number of para-hydroxylation sites is 1. The topological polar surface area (TPSA) is 85.5 Å². The van der Waals surface area contributed by atoms with Crippen LogP contribution in [0.25, 0.3) is 0 Å². The fourth-order valence-electron chi connectivity index (χ4n) is 1.59. The summed E-state index contributed by atoms with van der Waals surface area (Å²) in [5.74, 6) is 0.765. The number of rotatable bonds is 4. The molecule has 0 aliphatic carbocycles. The molecule has 19 heavy (non-hydrogen) atoms. The van der Waals surface area contributed by atoms with E-state index in [0.29, 0.717) is 16.9 Å². The van der Waals surface area contributed by atoms with Gasteiger partial charge >= 0.3 is 0 Å². The Bertz CT molecular complexity index is 613. The molecule has 1 aromatic carbocycles. The average Bonchev–Trinajstić information content (AvgIpc) is 2.41. The summed E-state index contributed by atoms with van der Waals surface area (Å²) < 4.78 is 5.57. The van der Waals surface area contributed by atoms with E-state index < -0.39 is 4.92 Å². The van der Waals surface area contributed by atoms with Gasteiger partial charge in [0.1, 0.15) is 11.9 Å². The van der Waals surface area contributed by atoms with Crippen LogP contribution in [0.4, 0.5) is 5.69 Å². The lowest BCUT2D eigenvalue weighted by molar-refractivity contribution is -0.385. The van der Waals surface area contributed by atoms with Gasteiger partial charge in [0, 0.05) is 17.2 Å². The lowest BCUT2D eigenvalue weighted by Gasteiger charge is -2.10. The van der Waals surface area contributed by atoms with Crippen LogP contribution in [-0.4, -0.2) is 15.0 Å². The van der Waals surface area contributed by atoms with Crippen molar-refractivity contribution >= 4 is 5.69 Å². The Balaban J connectivity index is 2.31. The van der Waals surface area contributed by atoms with Crippen molar-refractivity contribution in [2.45, 2.75) is 13.5 Å². The maximum Gasteiger partial charge on any atom is 0.288 e. The van der Waals surface area contributed by atoms with Crippen molar-refractivity contribution in [3.63, 3.8) is 0 Å². The number of pyridine rings is 1. The summed E-state index contributed by atoms with van der Waals surface area (Å²) in [4.78, 5) is 14.0. The van der Waals surface area contributed by atoms with Crippen molar-refractivity contribution in [3.05, 3.63) is 57.8 Å². The van der Waals surface area contributed by atoms with Gasteiger partial charge in [-0.2, -0.15) is 0 Å². The standard InChI is InChI=1S/C13H12N2O4/c1-9-6-11(15(17)18)7-14-13(9)19-12-5-3-2-4-10(12)8-16/h2-7,16H,8H2,1H3. The summed E-state index contributed by atoms with van der Waals surface area (Å²) in [6, 6.07) is 8.39. The number of benzene rings is 1. The van der Waals surface area contributed by atoms with Gasteiger partial charge in [0.15, 0.2) is 0 Å². The highest BCUT2D eigenvalue weighted by atomic mass is 16.6. The van der Waals surface area contributed by atoms with Gasteiger partial charge in [-0.15, -0.1) is 0 Å². The normalized spacial score (nSPS) is 10.2. The van der Waals surface area contributed by atoms with Crippen LogP contribution >= 0.6 is 0 Å². The molecule has 2 aromatic rings. The van der Waals surface area contributed by atoms with Crippen LogP contribution in [0, 0.1) is 17.0 Å². The van der Waals surface area contributed by atoms with Gasteiger partial charge in [-0.1, -0.05) is 18.2 Å². The van der Waals surface area contributed by atoms with Crippen LogP contribution in [0.3, 0.4) is 0 Å².